The lowest BCUT2D eigenvalue weighted by atomic mass is 9.96. The van der Waals surface area contributed by atoms with Gasteiger partial charge in [-0.2, -0.15) is 0 Å². The average molecular weight is 492 g/mol. The Bertz CT molecular complexity index is 987. The van der Waals surface area contributed by atoms with Crippen molar-refractivity contribution >= 4 is 45.6 Å². The van der Waals surface area contributed by atoms with E-state index in [1.807, 2.05) is 18.2 Å². The van der Waals surface area contributed by atoms with Gasteiger partial charge in [0, 0.05) is 32.4 Å². The number of pyridine rings is 1. The van der Waals surface area contributed by atoms with Crippen LogP contribution in [0.2, 0.25) is 0 Å². The molecule has 0 saturated carbocycles. The maximum atomic E-state index is 13.5. The van der Waals surface area contributed by atoms with Crippen LogP contribution < -0.4 is 10.2 Å². The standard InChI is InChI=1S/C20H18FIN4S/c1-11-16(17(22)12(2)24-11)19-18(15-5-3-4-10-23-15)25-20(27)26(19)14-8-6-13(21)7-9-14/h3-10,18-19,24H,1-2H3,(H,25,27)/t18-,19-/m1/s1. The predicted molar refractivity (Wildman–Crippen MR) is 117 cm³/mol. The number of halogens is 2. The Morgan fingerprint density at radius 1 is 1.11 bits per heavy atom. The summed E-state index contributed by atoms with van der Waals surface area (Å²) in [5, 5.41) is 4.04. The maximum absolute atomic E-state index is 13.5. The smallest absolute Gasteiger partial charge is 0.174 e. The molecule has 2 aromatic heterocycles. The first-order chi connectivity index (χ1) is 13.0. The minimum absolute atomic E-state index is 0.0882. The molecule has 4 nitrogen and oxygen atoms in total. The molecule has 1 fully saturated rings. The van der Waals surface area contributed by atoms with Gasteiger partial charge in [-0.15, -0.1) is 0 Å². The predicted octanol–water partition coefficient (Wildman–Crippen LogP) is 4.95. The number of anilines is 1. The lowest BCUT2D eigenvalue weighted by Gasteiger charge is -2.28. The van der Waals surface area contributed by atoms with E-state index in [4.69, 9.17) is 12.2 Å². The van der Waals surface area contributed by atoms with Crippen LogP contribution in [-0.2, 0) is 0 Å². The van der Waals surface area contributed by atoms with Crippen LogP contribution in [0.4, 0.5) is 10.1 Å². The van der Waals surface area contributed by atoms with E-state index in [0.29, 0.717) is 5.11 Å². The van der Waals surface area contributed by atoms with Gasteiger partial charge in [-0.1, -0.05) is 6.07 Å². The van der Waals surface area contributed by atoms with Crippen molar-refractivity contribution in [2.45, 2.75) is 25.9 Å². The third-order valence-electron chi connectivity index (χ3n) is 4.84. The molecule has 0 radical (unpaired) electrons. The molecule has 0 aliphatic carbocycles. The number of aromatic nitrogens is 2. The van der Waals surface area contributed by atoms with Gasteiger partial charge < -0.3 is 15.2 Å². The molecule has 0 bridgehead atoms. The Morgan fingerprint density at radius 2 is 1.85 bits per heavy atom. The fourth-order valence-corrected chi connectivity index (χ4v) is 4.85. The summed E-state index contributed by atoms with van der Waals surface area (Å²) < 4.78 is 14.7. The molecule has 2 N–H and O–H groups in total. The first-order valence-electron chi connectivity index (χ1n) is 8.58. The summed E-state index contributed by atoms with van der Waals surface area (Å²) in [7, 11) is 0. The van der Waals surface area contributed by atoms with Crippen LogP contribution in [0, 0.1) is 23.2 Å². The van der Waals surface area contributed by atoms with Gasteiger partial charge in [0.2, 0.25) is 0 Å². The molecule has 1 aliphatic heterocycles. The number of benzene rings is 1. The summed E-state index contributed by atoms with van der Waals surface area (Å²) in [6, 6.07) is 12.1. The lowest BCUT2D eigenvalue weighted by Crippen LogP contribution is -2.29. The molecule has 3 aromatic rings. The van der Waals surface area contributed by atoms with E-state index in [1.165, 1.54) is 21.3 Å². The van der Waals surface area contributed by atoms with Crippen molar-refractivity contribution in [2.75, 3.05) is 4.90 Å². The molecular weight excluding hydrogens is 474 g/mol. The number of hydrogen-bond donors (Lipinski definition) is 2. The van der Waals surface area contributed by atoms with Crippen molar-refractivity contribution in [3.05, 3.63) is 80.7 Å². The lowest BCUT2D eigenvalue weighted by molar-refractivity contribution is 0.564. The van der Waals surface area contributed by atoms with Gasteiger partial charge in [0.05, 0.1) is 17.8 Å². The Kier molecular flexibility index (Phi) is 4.90. The maximum Gasteiger partial charge on any atom is 0.174 e. The Hall–Kier alpha value is -2.00. The molecule has 0 spiro atoms. The van der Waals surface area contributed by atoms with Crippen LogP contribution in [0.25, 0.3) is 0 Å². The molecule has 138 valence electrons. The number of aromatic amines is 1. The van der Waals surface area contributed by atoms with Gasteiger partial charge in [0.25, 0.3) is 0 Å². The van der Waals surface area contributed by atoms with Gasteiger partial charge in [0.15, 0.2) is 5.11 Å². The van der Waals surface area contributed by atoms with Crippen molar-refractivity contribution in [3.8, 4) is 0 Å². The molecule has 1 aliphatic rings. The van der Waals surface area contributed by atoms with E-state index in [9.17, 15) is 4.39 Å². The fourth-order valence-electron chi connectivity index (χ4n) is 3.65. The number of thiocarbonyl (C=S) groups is 1. The van der Waals surface area contributed by atoms with Gasteiger partial charge >= 0.3 is 0 Å². The number of aryl methyl sites for hydroxylation is 2. The van der Waals surface area contributed by atoms with Crippen molar-refractivity contribution in [3.63, 3.8) is 0 Å². The third-order valence-corrected chi connectivity index (χ3v) is 6.55. The first-order valence-corrected chi connectivity index (χ1v) is 10.1. The van der Waals surface area contributed by atoms with E-state index in [1.54, 1.807) is 18.3 Å². The van der Waals surface area contributed by atoms with Crippen LogP contribution in [0.5, 0.6) is 0 Å². The second-order valence-electron chi connectivity index (χ2n) is 6.58. The molecule has 2 atom stereocenters. The highest BCUT2D eigenvalue weighted by atomic mass is 127. The molecule has 7 heteroatoms. The summed E-state index contributed by atoms with van der Waals surface area (Å²) in [5.41, 5.74) is 5.18. The molecular formula is C20H18FIN4S. The Labute approximate surface area is 176 Å². The highest BCUT2D eigenvalue weighted by Crippen LogP contribution is 2.44. The van der Waals surface area contributed by atoms with Gasteiger partial charge in [-0.3, -0.25) is 4.98 Å². The zero-order chi connectivity index (χ0) is 19.1. The molecule has 3 heterocycles. The molecule has 1 saturated heterocycles. The van der Waals surface area contributed by atoms with Crippen LogP contribution in [0.3, 0.4) is 0 Å². The topological polar surface area (TPSA) is 44.0 Å². The number of rotatable bonds is 3. The SMILES string of the molecule is Cc1[nH]c(C)c([C@@H]2[C@@H](c3ccccn3)NC(=S)N2c2ccc(F)cc2)c1I. The van der Waals surface area contributed by atoms with Crippen molar-refractivity contribution in [1.82, 2.24) is 15.3 Å². The van der Waals surface area contributed by atoms with Crippen molar-refractivity contribution < 1.29 is 4.39 Å². The van der Waals surface area contributed by atoms with E-state index in [2.05, 4.69) is 56.6 Å². The number of hydrogen-bond acceptors (Lipinski definition) is 2. The molecule has 0 amide bonds. The van der Waals surface area contributed by atoms with E-state index in [-0.39, 0.29) is 17.9 Å². The molecule has 1 aromatic carbocycles. The Morgan fingerprint density at radius 3 is 2.44 bits per heavy atom. The normalized spacial score (nSPS) is 19.4. The monoisotopic (exact) mass is 492 g/mol. The van der Waals surface area contributed by atoms with Crippen LogP contribution >= 0.6 is 34.8 Å². The summed E-state index contributed by atoms with van der Waals surface area (Å²) in [6.07, 6.45) is 1.79. The van der Waals surface area contributed by atoms with Crippen LogP contribution in [-0.4, -0.2) is 15.1 Å². The average Bonchev–Trinajstić information content (AvgIpc) is 3.12. The summed E-state index contributed by atoms with van der Waals surface area (Å²) >= 11 is 8.06. The van der Waals surface area contributed by atoms with Crippen molar-refractivity contribution in [2.24, 2.45) is 0 Å². The first kappa shape index (κ1) is 18.4. The third kappa shape index (κ3) is 3.23. The quantitative estimate of drug-likeness (QED) is 0.402. The Balaban J connectivity index is 1.89. The summed E-state index contributed by atoms with van der Waals surface area (Å²) in [4.78, 5) is 10.1. The number of nitrogens with one attached hydrogen (secondary N) is 2. The van der Waals surface area contributed by atoms with E-state index in [0.717, 1.165) is 22.8 Å². The largest absolute Gasteiger partial charge is 0.362 e. The van der Waals surface area contributed by atoms with Gasteiger partial charge in [-0.25, -0.2) is 4.39 Å². The second-order valence-corrected chi connectivity index (χ2v) is 8.04. The number of H-pyrrole nitrogens is 1. The van der Waals surface area contributed by atoms with Crippen LogP contribution in [0.15, 0.2) is 48.7 Å². The highest BCUT2D eigenvalue weighted by Gasteiger charge is 2.42. The number of nitrogens with zero attached hydrogens (tertiary/aromatic N) is 2. The fraction of sp³-hybridized carbons (Fsp3) is 0.200. The molecule has 4 rings (SSSR count). The second kappa shape index (κ2) is 7.20. The van der Waals surface area contributed by atoms with E-state index < -0.39 is 0 Å². The van der Waals surface area contributed by atoms with Crippen molar-refractivity contribution in [1.29, 1.82) is 0 Å². The van der Waals surface area contributed by atoms with E-state index >= 15 is 0 Å². The summed E-state index contributed by atoms with van der Waals surface area (Å²) in [5.74, 6) is -0.266. The van der Waals surface area contributed by atoms with Crippen LogP contribution in [0.1, 0.15) is 34.7 Å². The zero-order valence-electron chi connectivity index (χ0n) is 14.8. The van der Waals surface area contributed by atoms with Gasteiger partial charge in [-0.05, 0) is 85.1 Å². The summed E-state index contributed by atoms with van der Waals surface area (Å²) in [6.45, 7) is 4.14. The molecule has 0 unspecified atom stereocenters. The molecule has 27 heavy (non-hydrogen) atoms. The highest BCUT2D eigenvalue weighted by molar-refractivity contribution is 14.1. The van der Waals surface area contributed by atoms with Gasteiger partial charge in [0.1, 0.15) is 5.82 Å². The minimum atomic E-state index is -0.266. The zero-order valence-corrected chi connectivity index (χ0v) is 17.8. The minimum Gasteiger partial charge on any atom is -0.362 e.